The van der Waals surface area contributed by atoms with Crippen LogP contribution in [0.5, 0.6) is 0 Å². The van der Waals surface area contributed by atoms with Gasteiger partial charge in [0.05, 0.1) is 29.4 Å². The van der Waals surface area contributed by atoms with Gasteiger partial charge in [0.2, 0.25) is 0 Å². The Bertz CT molecular complexity index is 1460. The van der Waals surface area contributed by atoms with E-state index >= 15 is 0 Å². The molecule has 0 saturated carbocycles. The largest absolute Gasteiger partial charge is 0.468 e. The molecule has 2 aromatic heterocycles. The van der Waals surface area contributed by atoms with Gasteiger partial charge in [0.25, 0.3) is 5.70 Å². The van der Waals surface area contributed by atoms with Crippen LogP contribution in [0.4, 0.5) is 4.39 Å². The molecule has 5 rings (SSSR count). The van der Waals surface area contributed by atoms with Gasteiger partial charge in [0.1, 0.15) is 22.6 Å². The van der Waals surface area contributed by atoms with Gasteiger partial charge in [-0.1, -0.05) is 23.7 Å². The molecular weight excluding hydrogens is 499 g/mol. The Morgan fingerprint density at radius 1 is 1.27 bits per heavy atom. The zero-order chi connectivity index (χ0) is 26.3. The zero-order valence-corrected chi connectivity index (χ0v) is 20.4. The fourth-order valence-corrected chi connectivity index (χ4v) is 5.51. The molecule has 3 aromatic rings. The molecule has 4 heterocycles. The number of aryl methyl sites for hydroxylation is 1. The van der Waals surface area contributed by atoms with E-state index in [0.29, 0.717) is 22.8 Å². The molecular formula is C26H20ClFN6O3. The Labute approximate surface area is 216 Å². The lowest BCUT2D eigenvalue weighted by atomic mass is 9.64. The van der Waals surface area contributed by atoms with Crippen LogP contribution in [0.25, 0.3) is 0 Å². The number of nitriles is 2. The summed E-state index contributed by atoms with van der Waals surface area (Å²) in [7, 11) is 0. The van der Waals surface area contributed by atoms with Crippen LogP contribution in [0, 0.1) is 50.9 Å². The molecule has 11 heteroatoms. The Balaban J connectivity index is 1.79. The second-order valence-electron chi connectivity index (χ2n) is 9.01. The summed E-state index contributed by atoms with van der Waals surface area (Å²) in [6.45, 7) is 2.69. The van der Waals surface area contributed by atoms with Crippen molar-refractivity contribution in [3.8, 4) is 12.1 Å². The number of halogens is 2. The van der Waals surface area contributed by atoms with Gasteiger partial charge in [0.15, 0.2) is 11.2 Å². The van der Waals surface area contributed by atoms with Crippen molar-refractivity contribution in [2.45, 2.75) is 25.4 Å². The predicted molar refractivity (Wildman–Crippen MR) is 129 cm³/mol. The summed E-state index contributed by atoms with van der Waals surface area (Å²) in [5.74, 6) is -1.50. The van der Waals surface area contributed by atoms with E-state index in [9.17, 15) is 25.0 Å². The van der Waals surface area contributed by atoms with Crippen molar-refractivity contribution < 1.29 is 13.7 Å². The molecule has 1 aromatic carbocycles. The number of pyridine rings is 1. The first-order valence-corrected chi connectivity index (χ1v) is 11.8. The lowest BCUT2D eigenvalue weighted by Crippen LogP contribution is -2.49. The highest BCUT2D eigenvalue weighted by Gasteiger charge is 2.64. The first-order valence-electron chi connectivity index (χ1n) is 11.4. The normalized spacial score (nSPS) is 20.4. The highest BCUT2D eigenvalue weighted by molar-refractivity contribution is 6.29. The van der Waals surface area contributed by atoms with Crippen LogP contribution in [0.2, 0.25) is 5.15 Å². The summed E-state index contributed by atoms with van der Waals surface area (Å²) in [4.78, 5) is 19.7. The number of aromatic nitrogens is 1. The summed E-state index contributed by atoms with van der Waals surface area (Å²) in [5.41, 5.74) is -0.465. The average Bonchev–Trinajstić information content (AvgIpc) is 3.56. The number of allylic oxidation sites excluding steroid dienone is 1. The Hall–Kier alpha value is -4.41. The van der Waals surface area contributed by atoms with Gasteiger partial charge in [-0.05, 0) is 53.9 Å². The van der Waals surface area contributed by atoms with Crippen LogP contribution in [-0.2, 0) is 6.54 Å². The molecule has 37 heavy (non-hydrogen) atoms. The molecule has 0 N–H and O–H groups in total. The lowest BCUT2D eigenvalue weighted by Gasteiger charge is -2.45. The van der Waals surface area contributed by atoms with Gasteiger partial charge in [0, 0.05) is 25.8 Å². The van der Waals surface area contributed by atoms with Crippen molar-refractivity contribution in [2.75, 3.05) is 13.1 Å². The molecule has 1 saturated heterocycles. The van der Waals surface area contributed by atoms with Gasteiger partial charge >= 0.3 is 0 Å². The molecule has 186 valence electrons. The second-order valence-corrected chi connectivity index (χ2v) is 9.40. The van der Waals surface area contributed by atoms with Crippen molar-refractivity contribution in [1.29, 1.82) is 10.5 Å². The van der Waals surface area contributed by atoms with E-state index in [1.54, 1.807) is 42.3 Å². The van der Waals surface area contributed by atoms with Gasteiger partial charge < -0.3 is 14.2 Å². The Kier molecular flexibility index (Phi) is 6.06. The van der Waals surface area contributed by atoms with Crippen LogP contribution in [0.15, 0.2) is 70.9 Å². The smallest absolute Gasteiger partial charge is 0.299 e. The number of hydrogen-bond donors (Lipinski definition) is 0. The van der Waals surface area contributed by atoms with Crippen LogP contribution in [0.3, 0.4) is 0 Å². The molecule has 2 unspecified atom stereocenters. The van der Waals surface area contributed by atoms with Crippen molar-refractivity contribution in [3.05, 3.63) is 110 Å². The van der Waals surface area contributed by atoms with Crippen LogP contribution < -0.4 is 0 Å². The molecule has 9 nitrogen and oxygen atoms in total. The number of nitrogens with zero attached hydrogens (tertiary/aromatic N) is 6. The highest BCUT2D eigenvalue weighted by atomic mass is 35.5. The van der Waals surface area contributed by atoms with Crippen LogP contribution >= 0.6 is 11.6 Å². The molecule has 0 aliphatic carbocycles. The van der Waals surface area contributed by atoms with Crippen molar-refractivity contribution in [1.82, 2.24) is 14.8 Å². The zero-order valence-electron chi connectivity index (χ0n) is 19.6. The van der Waals surface area contributed by atoms with Gasteiger partial charge in [-0.3, -0.25) is 10.1 Å². The third-order valence-electron chi connectivity index (χ3n) is 6.98. The van der Waals surface area contributed by atoms with Gasteiger partial charge in [-0.25, -0.2) is 9.37 Å². The number of benzene rings is 1. The average molecular weight is 519 g/mol. The third-order valence-corrected chi connectivity index (χ3v) is 7.20. The fraction of sp³-hybridized carbons (Fsp3) is 0.269. The van der Waals surface area contributed by atoms with E-state index < -0.39 is 28.1 Å². The molecule has 2 atom stereocenters. The van der Waals surface area contributed by atoms with E-state index in [4.69, 9.17) is 16.0 Å². The summed E-state index contributed by atoms with van der Waals surface area (Å²) < 4.78 is 20.1. The monoisotopic (exact) mass is 518 g/mol. The van der Waals surface area contributed by atoms with Gasteiger partial charge in [-0.2, -0.15) is 10.5 Å². The first-order chi connectivity index (χ1) is 17.8. The summed E-state index contributed by atoms with van der Waals surface area (Å²) in [5, 5.41) is 34.1. The molecule has 2 aliphatic rings. The van der Waals surface area contributed by atoms with E-state index in [-0.39, 0.29) is 30.4 Å². The predicted octanol–water partition coefficient (Wildman–Crippen LogP) is 4.91. The standard InChI is InChI=1S/C26H20ClFN6O3/c1-16-4-6-18(28)11-19(16)24-26(14-29,15-30)22(20-3-2-10-37-20)23(34(35)36)25-32(8-9-33(24)25)13-17-5-7-21(27)31-12-17/h2-7,10-12,22,24H,8-9,13H2,1H3. The van der Waals surface area contributed by atoms with E-state index in [0.717, 1.165) is 5.56 Å². The van der Waals surface area contributed by atoms with E-state index in [2.05, 4.69) is 17.1 Å². The van der Waals surface area contributed by atoms with Crippen molar-refractivity contribution in [3.63, 3.8) is 0 Å². The summed E-state index contributed by atoms with van der Waals surface area (Å²) >= 11 is 5.92. The molecule has 2 aliphatic heterocycles. The number of furan rings is 1. The molecule has 0 bridgehead atoms. The van der Waals surface area contributed by atoms with E-state index in [1.807, 2.05) is 4.90 Å². The maximum absolute atomic E-state index is 14.5. The Morgan fingerprint density at radius 3 is 2.68 bits per heavy atom. The SMILES string of the molecule is Cc1ccc(F)cc1C1N2CCN(Cc3ccc(Cl)nc3)C2=C([N+](=O)[O-])C(c2ccco2)C1(C#N)C#N. The molecule has 0 spiro atoms. The van der Waals surface area contributed by atoms with Crippen LogP contribution in [0.1, 0.15) is 34.4 Å². The minimum Gasteiger partial charge on any atom is -0.468 e. The topological polar surface area (TPSA) is 123 Å². The number of nitro groups is 1. The molecule has 0 radical (unpaired) electrons. The fourth-order valence-electron chi connectivity index (χ4n) is 5.40. The highest BCUT2D eigenvalue weighted by Crippen LogP contribution is 2.58. The summed E-state index contributed by atoms with van der Waals surface area (Å²) in [6.07, 6.45) is 2.94. The Morgan fingerprint density at radius 2 is 2.05 bits per heavy atom. The lowest BCUT2D eigenvalue weighted by molar-refractivity contribution is -0.438. The third kappa shape index (κ3) is 3.87. The quantitative estimate of drug-likeness (QED) is 0.265. The molecule has 0 amide bonds. The maximum atomic E-state index is 14.5. The number of fused-ring (bicyclic) bond motifs is 1. The summed E-state index contributed by atoms with van der Waals surface area (Å²) in [6, 6.07) is 13.9. The van der Waals surface area contributed by atoms with Gasteiger partial charge in [-0.15, -0.1) is 0 Å². The minimum absolute atomic E-state index is 0.112. The number of rotatable bonds is 5. The number of hydrogen-bond acceptors (Lipinski definition) is 8. The molecule has 1 fully saturated rings. The minimum atomic E-state index is -1.99. The van der Waals surface area contributed by atoms with E-state index in [1.165, 1.54) is 24.5 Å². The van der Waals surface area contributed by atoms with Crippen molar-refractivity contribution >= 4 is 11.6 Å². The second kappa shape index (κ2) is 9.23. The first kappa shape index (κ1) is 24.3. The maximum Gasteiger partial charge on any atom is 0.299 e. The van der Waals surface area contributed by atoms with Crippen molar-refractivity contribution in [2.24, 2.45) is 5.41 Å². The van der Waals surface area contributed by atoms with Crippen LogP contribution in [-0.4, -0.2) is 32.8 Å².